The number of hydrogen-bond donors (Lipinski definition) is 0. The number of rotatable bonds is 7. The topological polar surface area (TPSA) is 15.7 Å². The van der Waals surface area contributed by atoms with Crippen LogP contribution in [0.25, 0.3) is 0 Å². The molecule has 3 nitrogen and oxygen atoms in total. The highest BCUT2D eigenvalue weighted by atomic mass is 16.5. The minimum atomic E-state index is 0.677. The molecular weight excluding hydrogens is 236 g/mol. The molecule has 19 heavy (non-hydrogen) atoms. The van der Waals surface area contributed by atoms with Gasteiger partial charge in [0.2, 0.25) is 0 Å². The van der Waals surface area contributed by atoms with E-state index in [1.54, 1.807) is 7.11 Å². The van der Waals surface area contributed by atoms with Crippen molar-refractivity contribution in [3.63, 3.8) is 0 Å². The predicted octanol–water partition coefficient (Wildman–Crippen LogP) is 2.31. The number of methoxy groups -OCH3 is 1. The van der Waals surface area contributed by atoms with Crippen LogP contribution in [-0.4, -0.2) is 62.3 Å². The highest BCUT2D eigenvalue weighted by Gasteiger charge is 2.27. The largest absolute Gasteiger partial charge is 0.381 e. The van der Waals surface area contributed by atoms with E-state index in [9.17, 15) is 0 Å². The molecule has 0 aromatic heterocycles. The Labute approximate surface area is 117 Å². The Kier molecular flexibility index (Phi) is 6.08. The average molecular weight is 264 g/mol. The van der Waals surface area contributed by atoms with Gasteiger partial charge in [-0.05, 0) is 50.9 Å². The minimum absolute atomic E-state index is 0.677. The van der Waals surface area contributed by atoms with Crippen LogP contribution in [0.15, 0.2) is 24.3 Å². The molecule has 0 aliphatic carbocycles. The molecule has 2 aliphatic heterocycles. The van der Waals surface area contributed by atoms with E-state index in [-0.39, 0.29) is 0 Å². The van der Waals surface area contributed by atoms with Crippen molar-refractivity contribution in [3.05, 3.63) is 24.3 Å². The molecule has 0 unspecified atom stereocenters. The first-order valence-corrected chi connectivity index (χ1v) is 7.59. The van der Waals surface area contributed by atoms with Crippen LogP contribution in [0, 0.1) is 0 Å². The van der Waals surface area contributed by atoms with E-state index in [0.717, 1.165) is 12.6 Å². The maximum absolute atomic E-state index is 5.02. The molecular formula is C16H28N2O. The summed E-state index contributed by atoms with van der Waals surface area (Å²) >= 11 is 0. The standard InChI is InChI=1S/C16H28N2O/c1-15(7-6-12-19-2)13-18-11-5-8-16(18)14-17-9-3-4-10-17/h6-7,16H,1,3-5,8-14H2,2H3/t16-/m0/s1. The summed E-state index contributed by atoms with van der Waals surface area (Å²) in [6.45, 7) is 10.9. The van der Waals surface area contributed by atoms with Gasteiger partial charge >= 0.3 is 0 Å². The molecule has 2 aliphatic rings. The van der Waals surface area contributed by atoms with E-state index in [1.807, 2.05) is 6.08 Å². The van der Waals surface area contributed by atoms with Crippen molar-refractivity contribution < 1.29 is 4.74 Å². The van der Waals surface area contributed by atoms with Gasteiger partial charge in [0, 0.05) is 26.2 Å². The molecule has 0 radical (unpaired) electrons. The Morgan fingerprint density at radius 3 is 2.79 bits per heavy atom. The van der Waals surface area contributed by atoms with E-state index in [2.05, 4.69) is 22.5 Å². The van der Waals surface area contributed by atoms with Gasteiger partial charge in [-0.2, -0.15) is 0 Å². The molecule has 2 saturated heterocycles. The smallest absolute Gasteiger partial charge is 0.0646 e. The van der Waals surface area contributed by atoms with Gasteiger partial charge in [-0.15, -0.1) is 0 Å². The van der Waals surface area contributed by atoms with Gasteiger partial charge in [-0.25, -0.2) is 0 Å². The fourth-order valence-electron chi connectivity index (χ4n) is 3.20. The Balaban J connectivity index is 1.76. The van der Waals surface area contributed by atoms with E-state index in [0.29, 0.717) is 6.61 Å². The number of likely N-dealkylation sites (tertiary alicyclic amines) is 2. The quantitative estimate of drug-likeness (QED) is 0.656. The molecule has 2 heterocycles. The third-order valence-electron chi connectivity index (χ3n) is 4.19. The van der Waals surface area contributed by atoms with Gasteiger partial charge < -0.3 is 9.64 Å². The maximum Gasteiger partial charge on any atom is 0.0646 e. The fraction of sp³-hybridized carbons (Fsp3) is 0.750. The normalized spacial score (nSPS) is 25.6. The zero-order valence-corrected chi connectivity index (χ0v) is 12.3. The number of nitrogens with zero attached hydrogens (tertiary/aromatic N) is 2. The molecule has 0 aromatic rings. The van der Waals surface area contributed by atoms with Crippen molar-refractivity contribution in [2.75, 3.05) is 46.4 Å². The Hall–Kier alpha value is -0.640. The second-order valence-electron chi connectivity index (χ2n) is 5.79. The second kappa shape index (κ2) is 7.83. The second-order valence-corrected chi connectivity index (χ2v) is 5.79. The lowest BCUT2D eigenvalue weighted by Gasteiger charge is -2.28. The summed E-state index contributed by atoms with van der Waals surface area (Å²) in [5.74, 6) is 0. The van der Waals surface area contributed by atoms with Crippen LogP contribution in [-0.2, 0) is 4.74 Å². The molecule has 108 valence electrons. The Morgan fingerprint density at radius 2 is 2.05 bits per heavy atom. The first kappa shape index (κ1) is 14.8. The SMILES string of the molecule is C=C(C=CCOC)CN1CCC[C@H]1CN1CCCC1. The monoisotopic (exact) mass is 264 g/mol. The van der Waals surface area contributed by atoms with Gasteiger partial charge in [0.15, 0.2) is 0 Å². The molecule has 2 rings (SSSR count). The summed E-state index contributed by atoms with van der Waals surface area (Å²) in [5, 5.41) is 0. The lowest BCUT2D eigenvalue weighted by Crippen LogP contribution is -2.39. The summed E-state index contributed by atoms with van der Waals surface area (Å²) in [7, 11) is 1.72. The van der Waals surface area contributed by atoms with Crippen molar-refractivity contribution in [1.82, 2.24) is 9.80 Å². The molecule has 3 heteroatoms. The van der Waals surface area contributed by atoms with Gasteiger partial charge in [0.05, 0.1) is 6.61 Å². The highest BCUT2D eigenvalue weighted by Crippen LogP contribution is 2.21. The van der Waals surface area contributed by atoms with Crippen LogP contribution in [0.3, 0.4) is 0 Å². The summed E-state index contributed by atoms with van der Waals surface area (Å²) < 4.78 is 5.02. The molecule has 0 saturated carbocycles. The Bertz CT molecular complexity index is 308. The van der Waals surface area contributed by atoms with Crippen molar-refractivity contribution in [3.8, 4) is 0 Å². The summed E-state index contributed by atoms with van der Waals surface area (Å²) in [6, 6.07) is 0.741. The zero-order chi connectivity index (χ0) is 13.5. The molecule has 2 fully saturated rings. The van der Waals surface area contributed by atoms with Crippen LogP contribution in [0.4, 0.5) is 0 Å². The van der Waals surface area contributed by atoms with Crippen LogP contribution in [0.1, 0.15) is 25.7 Å². The van der Waals surface area contributed by atoms with E-state index < -0.39 is 0 Å². The molecule has 0 amide bonds. The molecule has 0 spiro atoms. The summed E-state index contributed by atoms with van der Waals surface area (Å²) in [5.41, 5.74) is 1.20. The van der Waals surface area contributed by atoms with Crippen LogP contribution in [0.2, 0.25) is 0 Å². The van der Waals surface area contributed by atoms with E-state index in [4.69, 9.17) is 4.74 Å². The molecule has 0 N–H and O–H groups in total. The third-order valence-corrected chi connectivity index (χ3v) is 4.19. The van der Waals surface area contributed by atoms with E-state index in [1.165, 1.54) is 57.4 Å². The average Bonchev–Trinajstić information content (AvgIpc) is 3.03. The number of hydrogen-bond acceptors (Lipinski definition) is 3. The van der Waals surface area contributed by atoms with E-state index >= 15 is 0 Å². The third kappa shape index (κ3) is 4.75. The fourth-order valence-corrected chi connectivity index (χ4v) is 3.20. The first-order chi connectivity index (χ1) is 9.29. The lowest BCUT2D eigenvalue weighted by atomic mass is 10.2. The Morgan fingerprint density at radius 1 is 1.26 bits per heavy atom. The first-order valence-electron chi connectivity index (χ1n) is 7.59. The number of ether oxygens (including phenoxy) is 1. The van der Waals surface area contributed by atoms with Gasteiger partial charge in [-0.3, -0.25) is 4.90 Å². The predicted molar refractivity (Wildman–Crippen MR) is 80.4 cm³/mol. The van der Waals surface area contributed by atoms with Crippen molar-refractivity contribution in [2.24, 2.45) is 0 Å². The molecule has 0 aromatic carbocycles. The maximum atomic E-state index is 5.02. The molecule has 1 atom stereocenters. The van der Waals surface area contributed by atoms with Crippen LogP contribution < -0.4 is 0 Å². The minimum Gasteiger partial charge on any atom is -0.381 e. The molecule has 0 bridgehead atoms. The van der Waals surface area contributed by atoms with Gasteiger partial charge in [0.1, 0.15) is 0 Å². The van der Waals surface area contributed by atoms with Crippen molar-refractivity contribution in [2.45, 2.75) is 31.7 Å². The summed E-state index contributed by atoms with van der Waals surface area (Å²) in [6.07, 6.45) is 9.63. The zero-order valence-electron chi connectivity index (χ0n) is 12.3. The van der Waals surface area contributed by atoms with Gasteiger partial charge in [-0.1, -0.05) is 18.7 Å². The van der Waals surface area contributed by atoms with Gasteiger partial charge in [0.25, 0.3) is 0 Å². The summed E-state index contributed by atoms with van der Waals surface area (Å²) in [4.78, 5) is 5.24. The highest BCUT2D eigenvalue weighted by molar-refractivity contribution is 5.16. The lowest BCUT2D eigenvalue weighted by molar-refractivity contribution is 0.203. The van der Waals surface area contributed by atoms with Crippen molar-refractivity contribution in [1.29, 1.82) is 0 Å². The van der Waals surface area contributed by atoms with Crippen LogP contribution in [0.5, 0.6) is 0 Å². The van der Waals surface area contributed by atoms with Crippen LogP contribution >= 0.6 is 0 Å². The van der Waals surface area contributed by atoms with Crippen molar-refractivity contribution >= 4 is 0 Å².